The Morgan fingerprint density at radius 1 is 1.09 bits per heavy atom. The summed E-state index contributed by atoms with van der Waals surface area (Å²) in [6.07, 6.45) is -1.09. The van der Waals surface area contributed by atoms with Gasteiger partial charge in [-0.05, 0) is 81.0 Å². The Hall–Kier alpha value is -2.67. The second-order valence-corrected chi connectivity index (χ2v) is 8.93. The molecule has 1 fully saturated rings. The molecular formula is C24H25ClF3N3O. The molecule has 8 heteroatoms. The lowest BCUT2D eigenvalue weighted by molar-refractivity contribution is -0.137. The van der Waals surface area contributed by atoms with Gasteiger partial charge in [0.05, 0.1) is 16.1 Å². The first kappa shape index (κ1) is 22.5. The minimum atomic E-state index is -4.52. The average molecular weight is 464 g/mol. The van der Waals surface area contributed by atoms with Gasteiger partial charge in [0.2, 0.25) is 0 Å². The number of carbonyl (C=O) groups excluding carboxylic acids is 1. The van der Waals surface area contributed by atoms with Crippen molar-refractivity contribution in [2.45, 2.75) is 44.8 Å². The highest BCUT2D eigenvalue weighted by molar-refractivity contribution is 6.33. The van der Waals surface area contributed by atoms with Crippen molar-refractivity contribution in [1.82, 2.24) is 10.3 Å². The van der Waals surface area contributed by atoms with Crippen molar-refractivity contribution in [3.63, 3.8) is 0 Å². The van der Waals surface area contributed by atoms with Gasteiger partial charge in [-0.15, -0.1) is 0 Å². The second-order valence-electron chi connectivity index (χ2n) is 8.52. The maximum atomic E-state index is 13.0. The Morgan fingerprint density at radius 2 is 1.84 bits per heavy atom. The molecule has 0 bridgehead atoms. The molecule has 0 atom stereocenters. The van der Waals surface area contributed by atoms with Crippen LogP contribution >= 0.6 is 11.6 Å². The van der Waals surface area contributed by atoms with E-state index in [1.165, 1.54) is 5.39 Å². The number of benzene rings is 2. The van der Waals surface area contributed by atoms with E-state index in [2.05, 4.69) is 39.9 Å². The molecule has 3 aromatic rings. The van der Waals surface area contributed by atoms with Gasteiger partial charge >= 0.3 is 6.18 Å². The lowest BCUT2D eigenvalue weighted by atomic mass is 9.86. The van der Waals surface area contributed by atoms with Crippen LogP contribution in [-0.4, -0.2) is 23.5 Å². The van der Waals surface area contributed by atoms with Crippen molar-refractivity contribution in [1.29, 1.82) is 0 Å². The van der Waals surface area contributed by atoms with Crippen LogP contribution in [0.25, 0.3) is 10.9 Å². The summed E-state index contributed by atoms with van der Waals surface area (Å²) in [5, 5.41) is 7.55. The molecule has 32 heavy (non-hydrogen) atoms. The van der Waals surface area contributed by atoms with Crippen LogP contribution in [0.1, 0.15) is 47.3 Å². The summed E-state index contributed by atoms with van der Waals surface area (Å²) in [5.74, 6) is -0.0817. The van der Waals surface area contributed by atoms with E-state index in [1.54, 1.807) is 0 Å². The fraction of sp³-hybridized carbons (Fsp3) is 0.375. The number of hydrogen-bond acceptors (Lipinski definition) is 2. The molecular weight excluding hydrogens is 439 g/mol. The summed E-state index contributed by atoms with van der Waals surface area (Å²) in [6.45, 7) is 2.88. The van der Waals surface area contributed by atoms with Crippen LogP contribution in [-0.2, 0) is 6.18 Å². The number of anilines is 1. The van der Waals surface area contributed by atoms with Gasteiger partial charge in [0.25, 0.3) is 5.91 Å². The highest BCUT2D eigenvalue weighted by atomic mass is 35.5. The van der Waals surface area contributed by atoms with Gasteiger partial charge in [0.1, 0.15) is 0 Å². The molecule has 1 saturated carbocycles. The Kier molecular flexibility index (Phi) is 6.38. The van der Waals surface area contributed by atoms with E-state index in [0.717, 1.165) is 67.3 Å². The summed E-state index contributed by atoms with van der Waals surface area (Å²) in [7, 11) is 0. The molecule has 1 aliphatic carbocycles. The van der Waals surface area contributed by atoms with Crippen LogP contribution in [0.5, 0.6) is 0 Å². The molecule has 4 rings (SSSR count). The van der Waals surface area contributed by atoms with E-state index in [0.29, 0.717) is 5.92 Å². The van der Waals surface area contributed by atoms with E-state index >= 15 is 0 Å². The average Bonchev–Trinajstić information content (AvgIpc) is 3.12. The van der Waals surface area contributed by atoms with Crippen LogP contribution in [0.3, 0.4) is 0 Å². The van der Waals surface area contributed by atoms with Crippen molar-refractivity contribution in [3.8, 4) is 0 Å². The molecule has 0 aliphatic heterocycles. The summed E-state index contributed by atoms with van der Waals surface area (Å²) in [6, 6.07) is 11.1. The molecule has 1 aromatic heterocycles. The fourth-order valence-electron chi connectivity index (χ4n) is 4.30. The van der Waals surface area contributed by atoms with Crippen molar-refractivity contribution in [3.05, 3.63) is 64.3 Å². The number of alkyl halides is 3. The maximum Gasteiger partial charge on any atom is 0.416 e. The number of aryl methyl sites for hydroxylation is 1. The van der Waals surface area contributed by atoms with E-state index in [1.807, 2.05) is 6.92 Å². The van der Waals surface area contributed by atoms with Gasteiger partial charge in [-0.25, -0.2) is 0 Å². The van der Waals surface area contributed by atoms with Crippen LogP contribution in [0, 0.1) is 12.8 Å². The van der Waals surface area contributed by atoms with Crippen molar-refractivity contribution in [2.24, 2.45) is 5.92 Å². The predicted octanol–water partition coefficient (Wildman–Crippen LogP) is 6.55. The number of amides is 1. The zero-order chi connectivity index (χ0) is 22.9. The molecule has 0 spiro atoms. The van der Waals surface area contributed by atoms with Gasteiger partial charge in [0.15, 0.2) is 0 Å². The SMILES string of the molecule is Cc1cc2cc(NC[C@H]3CC[C@H](NC(=O)c4cc(C(F)(F)F)ccc4Cl)CC3)ccc2[nH]1. The van der Waals surface area contributed by atoms with Gasteiger partial charge in [-0.3, -0.25) is 4.79 Å². The van der Waals surface area contributed by atoms with Crippen LogP contribution in [0.15, 0.2) is 42.5 Å². The quantitative estimate of drug-likeness (QED) is 0.402. The summed E-state index contributed by atoms with van der Waals surface area (Å²) < 4.78 is 38.9. The number of nitrogens with one attached hydrogen (secondary N) is 3. The minimum Gasteiger partial charge on any atom is -0.385 e. The van der Waals surface area contributed by atoms with Crippen LogP contribution in [0.2, 0.25) is 5.02 Å². The van der Waals surface area contributed by atoms with Crippen LogP contribution < -0.4 is 10.6 Å². The van der Waals surface area contributed by atoms with Gasteiger partial charge in [-0.2, -0.15) is 13.2 Å². The first-order valence-electron chi connectivity index (χ1n) is 10.7. The molecule has 4 nitrogen and oxygen atoms in total. The molecule has 2 aromatic carbocycles. The van der Waals surface area contributed by atoms with E-state index in [4.69, 9.17) is 11.6 Å². The van der Waals surface area contributed by atoms with E-state index in [9.17, 15) is 18.0 Å². The lowest BCUT2D eigenvalue weighted by Gasteiger charge is -2.29. The molecule has 1 aliphatic rings. The third-order valence-electron chi connectivity index (χ3n) is 6.07. The number of aromatic nitrogens is 1. The largest absolute Gasteiger partial charge is 0.416 e. The Bertz CT molecular complexity index is 1120. The third kappa shape index (κ3) is 5.21. The molecule has 170 valence electrons. The monoisotopic (exact) mass is 463 g/mol. The molecule has 0 unspecified atom stereocenters. The Morgan fingerprint density at radius 3 is 2.56 bits per heavy atom. The third-order valence-corrected chi connectivity index (χ3v) is 6.40. The number of fused-ring (bicyclic) bond motifs is 1. The second kappa shape index (κ2) is 9.06. The highest BCUT2D eigenvalue weighted by Crippen LogP contribution is 2.32. The number of rotatable bonds is 5. The molecule has 0 radical (unpaired) electrons. The molecule has 3 N–H and O–H groups in total. The number of halogens is 4. The summed E-state index contributed by atoms with van der Waals surface area (Å²) in [4.78, 5) is 15.8. The number of hydrogen-bond donors (Lipinski definition) is 3. The lowest BCUT2D eigenvalue weighted by Crippen LogP contribution is -2.38. The predicted molar refractivity (Wildman–Crippen MR) is 121 cm³/mol. The highest BCUT2D eigenvalue weighted by Gasteiger charge is 2.32. The fourth-order valence-corrected chi connectivity index (χ4v) is 4.50. The normalized spacial score (nSPS) is 19.2. The first-order valence-corrected chi connectivity index (χ1v) is 11.1. The summed E-state index contributed by atoms with van der Waals surface area (Å²) in [5.41, 5.74) is 2.30. The molecule has 0 saturated heterocycles. The van der Waals surface area contributed by atoms with Crippen molar-refractivity contribution < 1.29 is 18.0 Å². The molecule has 1 amide bonds. The first-order chi connectivity index (χ1) is 15.2. The zero-order valence-corrected chi connectivity index (χ0v) is 18.4. The molecule has 1 heterocycles. The zero-order valence-electron chi connectivity index (χ0n) is 17.7. The van der Waals surface area contributed by atoms with E-state index in [-0.39, 0.29) is 16.6 Å². The Labute approximate surface area is 189 Å². The van der Waals surface area contributed by atoms with E-state index < -0.39 is 17.6 Å². The number of aromatic amines is 1. The number of carbonyl (C=O) groups is 1. The summed E-state index contributed by atoms with van der Waals surface area (Å²) >= 11 is 5.98. The maximum absolute atomic E-state index is 13.0. The van der Waals surface area contributed by atoms with Crippen molar-refractivity contribution >= 4 is 34.1 Å². The Balaban J connectivity index is 1.28. The smallest absolute Gasteiger partial charge is 0.385 e. The van der Waals surface area contributed by atoms with Gasteiger partial charge in [0, 0.05) is 34.9 Å². The van der Waals surface area contributed by atoms with Gasteiger partial charge in [-0.1, -0.05) is 11.6 Å². The van der Waals surface area contributed by atoms with Gasteiger partial charge < -0.3 is 15.6 Å². The number of H-pyrrole nitrogens is 1. The van der Waals surface area contributed by atoms with Crippen molar-refractivity contribution in [2.75, 3.05) is 11.9 Å². The van der Waals surface area contributed by atoms with Crippen LogP contribution in [0.4, 0.5) is 18.9 Å². The minimum absolute atomic E-state index is 0.0166. The topological polar surface area (TPSA) is 56.9 Å². The standard InChI is InChI=1S/C24H25ClF3N3O/c1-14-10-16-11-19(7-9-22(16)30-14)29-13-15-2-5-18(6-3-15)31-23(32)20-12-17(24(26,27)28)4-8-21(20)25/h4,7-12,15,18,29-30H,2-3,5-6,13H2,1H3,(H,31,32)/t15-,18-.